The van der Waals surface area contributed by atoms with Gasteiger partial charge in [-0.25, -0.2) is 0 Å². The molecule has 0 aromatic heterocycles. The lowest BCUT2D eigenvalue weighted by Crippen LogP contribution is -2.24. The first-order chi connectivity index (χ1) is 8.17. The van der Waals surface area contributed by atoms with Crippen LogP contribution in [0.3, 0.4) is 0 Å². The Bertz CT molecular complexity index is 371. The fraction of sp³-hybridized carbons (Fsp3) is 0.467. The fourth-order valence-electron chi connectivity index (χ4n) is 1.70. The summed E-state index contributed by atoms with van der Waals surface area (Å²) in [5, 5.41) is 3.43. The van der Waals surface area contributed by atoms with Gasteiger partial charge in [-0.15, -0.1) is 0 Å². The van der Waals surface area contributed by atoms with Crippen LogP contribution in [0.25, 0.3) is 6.08 Å². The summed E-state index contributed by atoms with van der Waals surface area (Å²) in [4.78, 5) is 0. The summed E-state index contributed by atoms with van der Waals surface area (Å²) >= 11 is 0. The van der Waals surface area contributed by atoms with Crippen LogP contribution in [0.15, 0.2) is 24.3 Å². The number of benzene rings is 1. The number of rotatable bonds is 6. The van der Waals surface area contributed by atoms with Crippen molar-refractivity contribution in [2.45, 2.75) is 33.2 Å². The second kappa shape index (κ2) is 7.13. The number of hydrogen-bond donors (Lipinski definition) is 1. The minimum absolute atomic E-state index is 0.414. The molecule has 0 heterocycles. The molecule has 0 aliphatic carbocycles. The molecule has 0 radical (unpaired) electrons. The molecular weight excluding hydrogens is 210 g/mol. The Morgan fingerprint density at radius 2 is 2.18 bits per heavy atom. The molecule has 0 saturated carbocycles. The highest BCUT2D eigenvalue weighted by Crippen LogP contribution is 2.19. The monoisotopic (exact) mass is 233 g/mol. The van der Waals surface area contributed by atoms with Gasteiger partial charge in [-0.3, -0.25) is 0 Å². The molecule has 2 heteroatoms. The predicted octanol–water partition coefficient (Wildman–Crippen LogP) is 3.40. The summed E-state index contributed by atoms with van der Waals surface area (Å²) in [6.07, 6.45) is 5.51. The van der Waals surface area contributed by atoms with E-state index >= 15 is 0 Å². The summed E-state index contributed by atoms with van der Waals surface area (Å²) in [5.41, 5.74) is 2.39. The quantitative estimate of drug-likeness (QED) is 0.813. The summed E-state index contributed by atoms with van der Waals surface area (Å²) in [6, 6.07) is 6.65. The van der Waals surface area contributed by atoms with E-state index in [1.54, 1.807) is 7.11 Å². The van der Waals surface area contributed by atoms with Crippen molar-refractivity contribution >= 4 is 6.08 Å². The number of ether oxygens (including phenoxy) is 1. The molecule has 1 unspecified atom stereocenters. The van der Waals surface area contributed by atoms with E-state index in [2.05, 4.69) is 50.4 Å². The van der Waals surface area contributed by atoms with Crippen molar-refractivity contribution in [1.82, 2.24) is 5.32 Å². The second-order valence-corrected chi connectivity index (χ2v) is 4.33. The molecule has 0 aliphatic heterocycles. The maximum atomic E-state index is 5.24. The van der Waals surface area contributed by atoms with E-state index in [0.717, 1.165) is 12.3 Å². The largest absolute Gasteiger partial charge is 0.496 e. The third kappa shape index (κ3) is 4.61. The molecule has 1 aromatic rings. The van der Waals surface area contributed by atoms with Gasteiger partial charge in [-0.2, -0.15) is 0 Å². The van der Waals surface area contributed by atoms with E-state index in [1.807, 2.05) is 6.07 Å². The van der Waals surface area contributed by atoms with Gasteiger partial charge in [-0.05, 0) is 50.1 Å². The van der Waals surface area contributed by atoms with Crippen LogP contribution >= 0.6 is 0 Å². The van der Waals surface area contributed by atoms with Crippen LogP contribution in [-0.2, 0) is 0 Å². The average Bonchev–Trinajstić information content (AvgIpc) is 2.34. The number of hydrogen-bond acceptors (Lipinski definition) is 2. The summed E-state index contributed by atoms with van der Waals surface area (Å²) < 4.78 is 5.24. The molecule has 0 amide bonds. The second-order valence-electron chi connectivity index (χ2n) is 4.33. The van der Waals surface area contributed by atoms with Crippen molar-refractivity contribution in [1.29, 1.82) is 0 Å². The van der Waals surface area contributed by atoms with Crippen LogP contribution < -0.4 is 10.1 Å². The maximum absolute atomic E-state index is 5.24. The van der Waals surface area contributed by atoms with Gasteiger partial charge in [0.15, 0.2) is 0 Å². The first-order valence-electron chi connectivity index (χ1n) is 6.23. The minimum atomic E-state index is 0.414. The molecule has 0 fully saturated rings. The maximum Gasteiger partial charge on any atom is 0.121 e. The van der Waals surface area contributed by atoms with Gasteiger partial charge in [-0.1, -0.05) is 25.1 Å². The van der Waals surface area contributed by atoms with E-state index in [9.17, 15) is 0 Å². The Hall–Kier alpha value is -1.28. The van der Waals surface area contributed by atoms with E-state index in [0.29, 0.717) is 6.04 Å². The van der Waals surface area contributed by atoms with Crippen LogP contribution in [0.5, 0.6) is 5.75 Å². The van der Waals surface area contributed by atoms with Crippen molar-refractivity contribution in [3.8, 4) is 5.75 Å². The zero-order valence-corrected chi connectivity index (χ0v) is 11.3. The highest BCUT2D eigenvalue weighted by atomic mass is 16.5. The van der Waals surface area contributed by atoms with Gasteiger partial charge in [0.25, 0.3) is 0 Å². The zero-order chi connectivity index (χ0) is 12.7. The topological polar surface area (TPSA) is 21.3 Å². The third-order valence-electron chi connectivity index (χ3n) is 2.71. The lowest BCUT2D eigenvalue weighted by Gasteiger charge is -2.08. The normalized spacial score (nSPS) is 12.9. The van der Waals surface area contributed by atoms with Gasteiger partial charge in [0.2, 0.25) is 0 Å². The van der Waals surface area contributed by atoms with Crippen molar-refractivity contribution in [3.63, 3.8) is 0 Å². The lowest BCUT2D eigenvalue weighted by atomic mass is 10.1. The molecule has 0 aliphatic rings. The molecule has 1 aromatic carbocycles. The SMILES string of the molecule is CCCNC(C)/C=C/c1ccc(OC)c(C)c1. The van der Waals surface area contributed by atoms with Crippen LogP contribution in [0.2, 0.25) is 0 Å². The van der Waals surface area contributed by atoms with Crippen LogP contribution in [-0.4, -0.2) is 19.7 Å². The van der Waals surface area contributed by atoms with Crippen molar-refractivity contribution in [3.05, 3.63) is 35.4 Å². The Kier molecular flexibility index (Phi) is 5.78. The van der Waals surface area contributed by atoms with Crippen LogP contribution in [0.4, 0.5) is 0 Å². The van der Waals surface area contributed by atoms with Gasteiger partial charge >= 0.3 is 0 Å². The highest BCUT2D eigenvalue weighted by Gasteiger charge is 1.98. The molecule has 1 rings (SSSR count). The van der Waals surface area contributed by atoms with E-state index in [4.69, 9.17) is 4.74 Å². The van der Waals surface area contributed by atoms with E-state index < -0.39 is 0 Å². The van der Waals surface area contributed by atoms with Gasteiger partial charge in [0.05, 0.1) is 7.11 Å². The zero-order valence-electron chi connectivity index (χ0n) is 11.3. The van der Waals surface area contributed by atoms with Crippen molar-refractivity contribution in [2.75, 3.05) is 13.7 Å². The van der Waals surface area contributed by atoms with Gasteiger partial charge in [0.1, 0.15) is 5.75 Å². The van der Waals surface area contributed by atoms with Crippen molar-refractivity contribution < 1.29 is 4.74 Å². The molecule has 0 saturated heterocycles. The number of methoxy groups -OCH3 is 1. The first kappa shape index (κ1) is 13.8. The smallest absolute Gasteiger partial charge is 0.121 e. The summed E-state index contributed by atoms with van der Waals surface area (Å²) in [5.74, 6) is 0.944. The molecular formula is C15H23NO. The predicted molar refractivity (Wildman–Crippen MR) is 74.5 cm³/mol. The Labute approximate surface area is 105 Å². The highest BCUT2D eigenvalue weighted by molar-refractivity contribution is 5.53. The van der Waals surface area contributed by atoms with Crippen molar-refractivity contribution in [2.24, 2.45) is 0 Å². The standard InChI is InChI=1S/C15H23NO/c1-5-10-16-13(3)6-7-14-8-9-15(17-4)12(2)11-14/h6-9,11,13,16H,5,10H2,1-4H3/b7-6+. The van der Waals surface area contributed by atoms with Gasteiger partial charge in [0, 0.05) is 6.04 Å². The Balaban J connectivity index is 2.62. The summed E-state index contributed by atoms with van der Waals surface area (Å²) in [6.45, 7) is 7.47. The molecule has 2 nitrogen and oxygen atoms in total. The molecule has 17 heavy (non-hydrogen) atoms. The van der Waals surface area contributed by atoms with Crippen LogP contribution in [0, 0.1) is 6.92 Å². The Morgan fingerprint density at radius 3 is 2.76 bits per heavy atom. The third-order valence-corrected chi connectivity index (χ3v) is 2.71. The van der Waals surface area contributed by atoms with Gasteiger partial charge < -0.3 is 10.1 Å². The fourth-order valence-corrected chi connectivity index (χ4v) is 1.70. The molecule has 0 bridgehead atoms. The molecule has 94 valence electrons. The average molecular weight is 233 g/mol. The number of aryl methyl sites for hydroxylation is 1. The van der Waals surface area contributed by atoms with E-state index in [1.165, 1.54) is 17.5 Å². The first-order valence-corrected chi connectivity index (χ1v) is 6.23. The molecule has 1 N–H and O–H groups in total. The molecule has 1 atom stereocenters. The van der Waals surface area contributed by atoms with E-state index in [-0.39, 0.29) is 0 Å². The van der Waals surface area contributed by atoms with Crippen LogP contribution in [0.1, 0.15) is 31.4 Å². The lowest BCUT2D eigenvalue weighted by molar-refractivity contribution is 0.411. The summed E-state index contributed by atoms with van der Waals surface area (Å²) in [7, 11) is 1.70. The Morgan fingerprint density at radius 1 is 1.41 bits per heavy atom. The molecule has 0 spiro atoms. The number of nitrogens with one attached hydrogen (secondary N) is 1. The minimum Gasteiger partial charge on any atom is -0.496 e.